The second-order valence-electron chi connectivity index (χ2n) is 5.79. The highest BCUT2D eigenvalue weighted by Crippen LogP contribution is 2.25. The lowest BCUT2D eigenvalue weighted by molar-refractivity contribution is -0.149. The van der Waals surface area contributed by atoms with Crippen LogP contribution < -0.4 is 0 Å². The van der Waals surface area contributed by atoms with Gasteiger partial charge in [-0.05, 0) is 40.0 Å². The van der Waals surface area contributed by atoms with Gasteiger partial charge in [-0.3, -0.25) is 4.79 Å². The standard InChI is InChI=1S/C16H19BrFNO4/c1-9(5-10-3-4-13(18)12(17)6-10)15(20)19-8-11(23-2)7-14(19)16(21)22/h3-4,6,9,11,14H,5,7-8H2,1-2H3,(H,21,22). The molecule has 0 bridgehead atoms. The van der Waals surface area contributed by atoms with Crippen LogP contribution in [-0.2, 0) is 20.7 Å². The van der Waals surface area contributed by atoms with Crippen LogP contribution in [0.2, 0.25) is 0 Å². The van der Waals surface area contributed by atoms with Gasteiger partial charge in [0.1, 0.15) is 11.9 Å². The van der Waals surface area contributed by atoms with Gasteiger partial charge in [0, 0.05) is 26.0 Å². The van der Waals surface area contributed by atoms with Crippen molar-refractivity contribution in [3.8, 4) is 0 Å². The molecule has 0 radical (unpaired) electrons. The topological polar surface area (TPSA) is 66.8 Å². The molecule has 1 aromatic rings. The van der Waals surface area contributed by atoms with E-state index >= 15 is 0 Å². The van der Waals surface area contributed by atoms with Crippen LogP contribution in [-0.4, -0.2) is 47.7 Å². The summed E-state index contributed by atoms with van der Waals surface area (Å²) in [6.07, 6.45) is 0.456. The number of carboxylic acid groups (broad SMARTS) is 1. The third-order valence-corrected chi connectivity index (χ3v) is 4.72. The second kappa shape index (κ2) is 7.40. The Labute approximate surface area is 142 Å². The van der Waals surface area contributed by atoms with E-state index in [-0.39, 0.29) is 24.4 Å². The summed E-state index contributed by atoms with van der Waals surface area (Å²) in [4.78, 5) is 25.3. The molecule has 1 N–H and O–H groups in total. The van der Waals surface area contributed by atoms with E-state index in [0.717, 1.165) is 5.56 Å². The van der Waals surface area contributed by atoms with Crippen LogP contribution in [0.3, 0.4) is 0 Å². The van der Waals surface area contributed by atoms with Crippen molar-refractivity contribution < 1.29 is 23.8 Å². The van der Waals surface area contributed by atoms with Gasteiger partial charge >= 0.3 is 5.97 Å². The van der Waals surface area contributed by atoms with Gasteiger partial charge in [0.2, 0.25) is 5.91 Å². The molecule has 1 aromatic carbocycles. The molecule has 1 aliphatic heterocycles. The van der Waals surface area contributed by atoms with Gasteiger partial charge in [-0.25, -0.2) is 9.18 Å². The summed E-state index contributed by atoms with van der Waals surface area (Å²) in [7, 11) is 1.51. The number of carboxylic acids is 1. The first-order chi connectivity index (χ1) is 10.8. The van der Waals surface area contributed by atoms with Crippen molar-refractivity contribution in [1.82, 2.24) is 4.90 Å². The van der Waals surface area contributed by atoms with E-state index in [1.54, 1.807) is 19.1 Å². The van der Waals surface area contributed by atoms with E-state index in [0.29, 0.717) is 17.3 Å². The molecule has 5 nitrogen and oxygen atoms in total. The Balaban J connectivity index is 2.08. The Morgan fingerprint density at radius 3 is 2.78 bits per heavy atom. The molecule has 7 heteroatoms. The van der Waals surface area contributed by atoms with Gasteiger partial charge in [0.25, 0.3) is 0 Å². The number of hydrogen-bond donors (Lipinski definition) is 1. The number of benzene rings is 1. The minimum atomic E-state index is -1.02. The van der Waals surface area contributed by atoms with Crippen molar-refractivity contribution in [2.75, 3.05) is 13.7 Å². The summed E-state index contributed by atoms with van der Waals surface area (Å²) < 4.78 is 18.8. The van der Waals surface area contributed by atoms with Gasteiger partial charge in [-0.2, -0.15) is 0 Å². The Kier molecular flexibility index (Phi) is 5.75. The van der Waals surface area contributed by atoms with Gasteiger partial charge < -0.3 is 14.7 Å². The number of halogens is 2. The molecule has 1 aliphatic rings. The first kappa shape index (κ1) is 17.9. The van der Waals surface area contributed by atoms with Crippen molar-refractivity contribution in [1.29, 1.82) is 0 Å². The van der Waals surface area contributed by atoms with Crippen LogP contribution in [0.25, 0.3) is 0 Å². The summed E-state index contributed by atoms with van der Waals surface area (Å²) in [5, 5.41) is 9.29. The summed E-state index contributed by atoms with van der Waals surface area (Å²) in [5.41, 5.74) is 0.813. The molecule has 126 valence electrons. The number of ether oxygens (including phenoxy) is 1. The third-order valence-electron chi connectivity index (χ3n) is 4.11. The zero-order valence-electron chi connectivity index (χ0n) is 13.0. The number of carbonyl (C=O) groups is 2. The lowest BCUT2D eigenvalue weighted by Gasteiger charge is -2.25. The first-order valence-electron chi connectivity index (χ1n) is 7.33. The number of hydrogen-bond acceptors (Lipinski definition) is 3. The molecule has 1 amide bonds. The molecule has 0 aromatic heterocycles. The molecular weight excluding hydrogens is 369 g/mol. The van der Waals surface area contributed by atoms with Crippen LogP contribution in [0.15, 0.2) is 22.7 Å². The smallest absolute Gasteiger partial charge is 0.326 e. The van der Waals surface area contributed by atoms with Gasteiger partial charge in [-0.15, -0.1) is 0 Å². The second-order valence-corrected chi connectivity index (χ2v) is 6.65. The number of nitrogens with zero attached hydrogens (tertiary/aromatic N) is 1. The van der Waals surface area contributed by atoms with Crippen LogP contribution in [0.5, 0.6) is 0 Å². The van der Waals surface area contributed by atoms with E-state index in [2.05, 4.69) is 15.9 Å². The quantitative estimate of drug-likeness (QED) is 0.842. The average molecular weight is 388 g/mol. The maximum atomic E-state index is 13.3. The van der Waals surface area contributed by atoms with Crippen molar-refractivity contribution in [2.24, 2.45) is 5.92 Å². The third kappa shape index (κ3) is 4.09. The molecule has 3 atom stereocenters. The highest BCUT2D eigenvalue weighted by molar-refractivity contribution is 9.10. The molecular formula is C16H19BrFNO4. The fourth-order valence-corrected chi connectivity index (χ4v) is 3.26. The molecule has 1 saturated heterocycles. The number of methoxy groups -OCH3 is 1. The number of carbonyl (C=O) groups excluding carboxylic acids is 1. The van der Waals surface area contributed by atoms with E-state index in [4.69, 9.17) is 4.74 Å². The van der Waals surface area contributed by atoms with Crippen LogP contribution in [0.4, 0.5) is 4.39 Å². The Morgan fingerprint density at radius 2 is 2.22 bits per heavy atom. The number of rotatable bonds is 5. The SMILES string of the molecule is COC1CC(C(=O)O)N(C(=O)C(C)Cc2ccc(F)c(Br)c2)C1. The van der Waals surface area contributed by atoms with Crippen LogP contribution in [0.1, 0.15) is 18.9 Å². The van der Waals surface area contributed by atoms with Crippen molar-refractivity contribution in [3.05, 3.63) is 34.1 Å². The monoisotopic (exact) mass is 387 g/mol. The molecule has 3 unspecified atom stereocenters. The number of likely N-dealkylation sites (tertiary alicyclic amines) is 1. The highest BCUT2D eigenvalue weighted by Gasteiger charge is 2.40. The normalized spacial score (nSPS) is 22.2. The Morgan fingerprint density at radius 1 is 1.52 bits per heavy atom. The van der Waals surface area contributed by atoms with Gasteiger partial charge in [0.15, 0.2) is 0 Å². The van der Waals surface area contributed by atoms with E-state index in [1.165, 1.54) is 18.1 Å². The predicted octanol–water partition coefficient (Wildman–Crippen LogP) is 2.47. The van der Waals surface area contributed by atoms with Crippen LogP contribution in [0, 0.1) is 11.7 Å². The highest BCUT2D eigenvalue weighted by atomic mass is 79.9. The molecule has 1 fully saturated rings. The molecule has 23 heavy (non-hydrogen) atoms. The summed E-state index contributed by atoms with van der Waals surface area (Å²) >= 11 is 3.12. The number of aliphatic carboxylic acids is 1. The molecule has 0 spiro atoms. The fraction of sp³-hybridized carbons (Fsp3) is 0.500. The maximum Gasteiger partial charge on any atom is 0.326 e. The molecule has 0 saturated carbocycles. The van der Waals surface area contributed by atoms with E-state index in [1.807, 2.05) is 0 Å². The zero-order chi connectivity index (χ0) is 17.1. The maximum absolute atomic E-state index is 13.3. The predicted molar refractivity (Wildman–Crippen MR) is 85.5 cm³/mol. The minimum absolute atomic E-state index is 0.225. The molecule has 2 rings (SSSR count). The first-order valence-corrected chi connectivity index (χ1v) is 8.12. The lowest BCUT2D eigenvalue weighted by atomic mass is 9.99. The van der Waals surface area contributed by atoms with Crippen molar-refractivity contribution >= 4 is 27.8 Å². The lowest BCUT2D eigenvalue weighted by Crippen LogP contribution is -2.43. The summed E-state index contributed by atoms with van der Waals surface area (Å²) in [6, 6.07) is 3.75. The fourth-order valence-electron chi connectivity index (χ4n) is 2.84. The Bertz CT molecular complexity index is 610. The van der Waals surface area contributed by atoms with Crippen molar-refractivity contribution in [2.45, 2.75) is 31.9 Å². The molecule has 1 heterocycles. The Hall–Kier alpha value is -1.47. The largest absolute Gasteiger partial charge is 0.480 e. The van der Waals surface area contributed by atoms with Crippen LogP contribution >= 0.6 is 15.9 Å². The average Bonchev–Trinajstić information content (AvgIpc) is 2.94. The summed E-state index contributed by atoms with van der Waals surface area (Å²) in [5.74, 6) is -2.00. The molecule has 0 aliphatic carbocycles. The van der Waals surface area contributed by atoms with E-state index < -0.39 is 17.9 Å². The minimum Gasteiger partial charge on any atom is -0.480 e. The van der Waals surface area contributed by atoms with Gasteiger partial charge in [-0.1, -0.05) is 13.0 Å². The number of amides is 1. The zero-order valence-corrected chi connectivity index (χ0v) is 14.5. The van der Waals surface area contributed by atoms with E-state index in [9.17, 15) is 19.1 Å². The summed E-state index contributed by atoms with van der Waals surface area (Å²) in [6.45, 7) is 2.03. The van der Waals surface area contributed by atoms with Crippen molar-refractivity contribution in [3.63, 3.8) is 0 Å². The van der Waals surface area contributed by atoms with Gasteiger partial charge in [0.05, 0.1) is 10.6 Å².